The zero-order valence-electron chi connectivity index (χ0n) is 26.0. The monoisotopic (exact) mass is 623 g/mol. The van der Waals surface area contributed by atoms with Gasteiger partial charge in [-0.15, -0.1) is 0 Å². The number of nitrogens with one attached hydrogen (secondary N) is 3. The van der Waals surface area contributed by atoms with Gasteiger partial charge < -0.3 is 25.0 Å². The summed E-state index contributed by atoms with van der Waals surface area (Å²) < 4.78 is 11.5. The minimum Gasteiger partial charge on any atom is -0.379 e. The van der Waals surface area contributed by atoms with Crippen molar-refractivity contribution in [3.63, 3.8) is 0 Å². The van der Waals surface area contributed by atoms with Crippen LogP contribution in [0.3, 0.4) is 0 Å². The van der Waals surface area contributed by atoms with E-state index in [4.69, 9.17) is 9.47 Å². The Morgan fingerprint density at radius 2 is 1.83 bits per heavy atom. The van der Waals surface area contributed by atoms with Crippen LogP contribution in [0, 0.1) is 6.92 Å². The molecule has 12 nitrogen and oxygen atoms in total. The lowest BCUT2D eigenvalue weighted by Gasteiger charge is -2.25. The third-order valence-electron chi connectivity index (χ3n) is 9.33. The van der Waals surface area contributed by atoms with Crippen molar-refractivity contribution in [3.8, 4) is 0 Å². The van der Waals surface area contributed by atoms with E-state index < -0.39 is 17.4 Å². The van der Waals surface area contributed by atoms with E-state index in [9.17, 15) is 14.4 Å². The average Bonchev–Trinajstić information content (AvgIpc) is 3.75. The molecule has 2 aliphatic heterocycles. The van der Waals surface area contributed by atoms with Gasteiger partial charge >= 0.3 is 0 Å². The lowest BCUT2D eigenvalue weighted by molar-refractivity contribution is -0.132. The van der Waals surface area contributed by atoms with E-state index in [1.807, 2.05) is 25.3 Å². The van der Waals surface area contributed by atoms with Gasteiger partial charge in [0.25, 0.3) is 5.91 Å². The van der Waals surface area contributed by atoms with E-state index >= 15 is 0 Å². The highest BCUT2D eigenvalue weighted by atomic mass is 16.5. The molecule has 2 unspecified atom stereocenters. The van der Waals surface area contributed by atoms with Crippen molar-refractivity contribution in [1.29, 1.82) is 0 Å². The van der Waals surface area contributed by atoms with Crippen LogP contribution in [0.5, 0.6) is 0 Å². The van der Waals surface area contributed by atoms with Crippen LogP contribution in [0.15, 0.2) is 42.9 Å². The molecule has 46 heavy (non-hydrogen) atoms. The lowest BCUT2D eigenvalue weighted by Crippen LogP contribution is -2.49. The Balaban J connectivity index is 1.19. The molecular weight excluding hydrogens is 586 g/mol. The molecule has 0 saturated heterocycles. The molecule has 5 heterocycles. The number of ether oxygens (including phenoxy) is 2. The zero-order chi connectivity index (χ0) is 31.8. The smallest absolute Gasteiger partial charge is 0.253 e. The number of pyridine rings is 2. The van der Waals surface area contributed by atoms with Crippen molar-refractivity contribution >= 4 is 34.4 Å². The fourth-order valence-electron chi connectivity index (χ4n) is 6.84. The number of carbonyl (C=O) groups excluding carboxylic acids is 3. The third kappa shape index (κ3) is 5.62. The molecule has 3 amide bonds. The molecule has 1 aliphatic carbocycles. The fraction of sp³-hybridized carbons (Fsp3) is 0.412. The number of aromatic amines is 1. The molecular formula is C34H37N7O5. The van der Waals surface area contributed by atoms with Gasteiger partial charge in [-0.3, -0.25) is 24.5 Å². The molecule has 0 radical (unpaired) electrons. The predicted octanol–water partition coefficient (Wildman–Crippen LogP) is 2.43. The first-order chi connectivity index (χ1) is 22.3. The van der Waals surface area contributed by atoms with Gasteiger partial charge in [-0.1, -0.05) is 6.07 Å². The largest absolute Gasteiger partial charge is 0.379 e. The number of rotatable bonds is 2. The Labute approximate surface area is 266 Å². The summed E-state index contributed by atoms with van der Waals surface area (Å²) in [5.41, 5.74) is 5.90. The molecule has 12 heteroatoms. The van der Waals surface area contributed by atoms with E-state index in [1.54, 1.807) is 24.2 Å². The Morgan fingerprint density at radius 3 is 2.70 bits per heavy atom. The Kier molecular flexibility index (Phi) is 7.99. The van der Waals surface area contributed by atoms with Crippen LogP contribution in [-0.2, 0) is 50.2 Å². The number of aryl methyl sites for hydroxylation is 2. The van der Waals surface area contributed by atoms with Crippen molar-refractivity contribution in [2.75, 3.05) is 45.3 Å². The summed E-state index contributed by atoms with van der Waals surface area (Å²) in [6, 6.07) is 7.03. The SMILES string of the molecule is Cc1cc(CC2NC(=O)c3cnc4c(c3)CC3(C4)C(=O)Nc4ncc(cc43)CCCOCCOCCN(C)C2=O)cc2cn[nH]c12. The van der Waals surface area contributed by atoms with Gasteiger partial charge in [0.15, 0.2) is 0 Å². The lowest BCUT2D eigenvalue weighted by atomic mass is 9.79. The minimum absolute atomic E-state index is 0.104. The first-order valence-corrected chi connectivity index (χ1v) is 15.7. The molecule has 7 rings (SSSR count). The molecule has 2 atom stereocenters. The number of carbonyl (C=O) groups is 3. The van der Waals surface area contributed by atoms with Gasteiger partial charge in [0.2, 0.25) is 11.8 Å². The number of anilines is 1. The van der Waals surface area contributed by atoms with Gasteiger partial charge in [0.05, 0.1) is 42.5 Å². The maximum absolute atomic E-state index is 13.8. The number of aromatic nitrogens is 4. The maximum atomic E-state index is 13.8. The van der Waals surface area contributed by atoms with Gasteiger partial charge in [0.1, 0.15) is 11.9 Å². The topological polar surface area (TPSA) is 151 Å². The van der Waals surface area contributed by atoms with E-state index in [2.05, 4.69) is 36.9 Å². The highest BCUT2D eigenvalue weighted by Crippen LogP contribution is 2.46. The Bertz CT molecular complexity index is 1840. The van der Waals surface area contributed by atoms with E-state index in [1.165, 1.54) is 6.20 Å². The van der Waals surface area contributed by atoms with Crippen molar-refractivity contribution in [2.24, 2.45) is 0 Å². The number of H-pyrrole nitrogens is 1. The molecule has 3 aromatic heterocycles. The van der Waals surface area contributed by atoms with Gasteiger partial charge in [0, 0.05) is 62.1 Å². The van der Waals surface area contributed by atoms with E-state index in [0.717, 1.165) is 57.3 Å². The summed E-state index contributed by atoms with van der Waals surface area (Å²) in [4.78, 5) is 51.8. The predicted molar refractivity (Wildman–Crippen MR) is 170 cm³/mol. The van der Waals surface area contributed by atoms with E-state index in [-0.39, 0.29) is 11.8 Å². The number of benzene rings is 1. The van der Waals surface area contributed by atoms with Crippen molar-refractivity contribution in [3.05, 3.63) is 81.9 Å². The van der Waals surface area contributed by atoms with Crippen molar-refractivity contribution < 1.29 is 23.9 Å². The van der Waals surface area contributed by atoms with Crippen LogP contribution < -0.4 is 10.6 Å². The number of likely N-dealkylation sites (N-methyl/N-ethyl adjacent to an activating group) is 1. The quantitative estimate of drug-likeness (QED) is 0.308. The molecule has 3 N–H and O–H groups in total. The second-order valence-electron chi connectivity index (χ2n) is 12.5. The average molecular weight is 624 g/mol. The van der Waals surface area contributed by atoms with Crippen molar-refractivity contribution in [1.82, 2.24) is 30.4 Å². The van der Waals surface area contributed by atoms with Crippen LogP contribution in [0.4, 0.5) is 5.82 Å². The first-order valence-electron chi connectivity index (χ1n) is 15.7. The normalized spacial score (nSPS) is 22.4. The summed E-state index contributed by atoms with van der Waals surface area (Å²) in [6.07, 6.45) is 7.81. The number of nitrogens with zero attached hydrogens (tertiary/aromatic N) is 4. The van der Waals surface area contributed by atoms with Gasteiger partial charge in [-0.05, 0) is 66.6 Å². The van der Waals surface area contributed by atoms with Crippen LogP contribution in [-0.4, -0.2) is 88.8 Å². The number of amides is 3. The summed E-state index contributed by atoms with van der Waals surface area (Å²) in [5, 5.41) is 14.0. The number of fused-ring (bicyclic) bond motifs is 3. The summed E-state index contributed by atoms with van der Waals surface area (Å²) in [5.74, 6) is -0.153. The molecule has 1 spiro atoms. The molecule has 3 aliphatic rings. The molecule has 4 aromatic rings. The summed E-state index contributed by atoms with van der Waals surface area (Å²) >= 11 is 0. The van der Waals surface area contributed by atoms with Crippen molar-refractivity contribution in [2.45, 2.75) is 50.5 Å². The first kappa shape index (κ1) is 30.0. The highest BCUT2D eigenvalue weighted by Gasteiger charge is 2.52. The molecule has 5 bridgehead atoms. The number of hydrogen-bond acceptors (Lipinski definition) is 8. The Hall–Kier alpha value is -4.68. The highest BCUT2D eigenvalue weighted by molar-refractivity contribution is 6.06. The standard InChI is InChI=1S/C34H37N7O5/c1-20-10-22(11-24-19-37-40-29(20)24)13-27-32(43)41(2)5-7-46-9-8-45-6-3-4-21-12-26-30(36-17-21)39-33(44)34(26)15-23-14-25(31(42)38-27)18-35-28(23)16-34/h10-12,14,17-19,27H,3-9,13,15-16H2,1-2H3,(H,37,40)(H,38,42)(H,36,39,44). The fourth-order valence-corrected chi connectivity index (χ4v) is 6.84. The van der Waals surface area contributed by atoms with Crippen LogP contribution in [0.2, 0.25) is 0 Å². The zero-order valence-corrected chi connectivity index (χ0v) is 26.0. The van der Waals surface area contributed by atoms with Crippen LogP contribution >= 0.6 is 0 Å². The molecule has 238 valence electrons. The Morgan fingerprint density at radius 1 is 0.978 bits per heavy atom. The summed E-state index contributed by atoms with van der Waals surface area (Å²) in [7, 11) is 1.71. The van der Waals surface area contributed by atoms with E-state index in [0.29, 0.717) is 63.6 Å². The van der Waals surface area contributed by atoms with Crippen LogP contribution in [0.1, 0.15) is 50.3 Å². The number of hydrogen-bond donors (Lipinski definition) is 3. The molecule has 1 aromatic carbocycles. The van der Waals surface area contributed by atoms with Crippen LogP contribution in [0.25, 0.3) is 10.9 Å². The van der Waals surface area contributed by atoms with Gasteiger partial charge in [-0.25, -0.2) is 4.98 Å². The van der Waals surface area contributed by atoms with Gasteiger partial charge in [-0.2, -0.15) is 5.10 Å². The second kappa shape index (κ2) is 12.3. The summed E-state index contributed by atoms with van der Waals surface area (Å²) in [6.45, 7) is 4.12. The molecule has 0 fully saturated rings. The second-order valence-corrected chi connectivity index (χ2v) is 12.5. The molecule has 0 saturated carbocycles. The third-order valence-corrected chi connectivity index (χ3v) is 9.33. The minimum atomic E-state index is -0.834. The maximum Gasteiger partial charge on any atom is 0.253 e.